The molecule has 1 aromatic heterocycles. The van der Waals surface area contributed by atoms with Gasteiger partial charge in [0.15, 0.2) is 0 Å². The molecule has 0 radical (unpaired) electrons. The Bertz CT molecular complexity index is 1130. The van der Waals surface area contributed by atoms with Gasteiger partial charge in [0.05, 0.1) is 30.9 Å². The number of carbonyl (C=O) groups is 1. The van der Waals surface area contributed by atoms with Crippen molar-refractivity contribution >= 4 is 79.0 Å². The fourth-order valence-electron chi connectivity index (χ4n) is 3.85. The normalized spacial score (nSPS) is 12.8. The van der Waals surface area contributed by atoms with Crippen LogP contribution in [0.1, 0.15) is 74.9 Å². The number of phosphoric acid groups is 1. The molecule has 0 aliphatic heterocycles. The van der Waals surface area contributed by atoms with Crippen LogP contribution >= 0.6 is 7.82 Å². The SMILES string of the molecule is COCc1c(C(C)C)nc(C(C)C)c(/C=C/C(O)CC(O)CC(=O)O)c1-c1ccc(F)cc1.O=P(O)(O)O.[NaH].[NaH]. The Morgan fingerprint density at radius 2 is 1.52 bits per heavy atom. The van der Waals surface area contributed by atoms with E-state index in [1.54, 1.807) is 25.3 Å². The van der Waals surface area contributed by atoms with Gasteiger partial charge in [-0.1, -0.05) is 52.0 Å². The minimum absolute atomic E-state index is 0. The standard InChI is InChI=1S/C26H34FNO5.2Na.H3O4P.2H/c1-15(2)25-21(11-10-19(29)12-20(30)13-23(31)32)24(17-6-8-18(27)9-7-17)22(14-33-5)26(28-25)16(3)4;;;1-5(2,3)4;;/h6-11,15-16,19-20,29-30H,12-14H2,1-5H3,(H,31,32);;;(H3,1,2,3,4);;/b11-10+;;;;;. The number of carboxylic acids is 1. The molecule has 0 saturated heterocycles. The van der Waals surface area contributed by atoms with Gasteiger partial charge in [0.25, 0.3) is 0 Å². The third-order valence-corrected chi connectivity index (χ3v) is 5.32. The number of ether oxygens (including phenoxy) is 1. The summed E-state index contributed by atoms with van der Waals surface area (Å²) in [6.07, 6.45) is 0.541. The van der Waals surface area contributed by atoms with E-state index in [2.05, 4.69) is 13.8 Å². The van der Waals surface area contributed by atoms with Gasteiger partial charge in [0.2, 0.25) is 0 Å². The van der Waals surface area contributed by atoms with Gasteiger partial charge < -0.3 is 34.7 Å². The van der Waals surface area contributed by atoms with Gasteiger partial charge in [-0.15, -0.1) is 0 Å². The molecule has 2 atom stereocenters. The van der Waals surface area contributed by atoms with E-state index in [4.69, 9.17) is 34.1 Å². The molecular formula is C26H39FNNa2O9P. The van der Waals surface area contributed by atoms with Crippen molar-refractivity contribution in [2.75, 3.05) is 7.11 Å². The van der Waals surface area contributed by atoms with Crippen molar-refractivity contribution < 1.29 is 48.5 Å². The second kappa shape index (κ2) is 19.6. The first-order chi connectivity index (χ1) is 17.5. The van der Waals surface area contributed by atoms with Crippen LogP contribution in [0, 0.1) is 5.82 Å². The molecule has 1 aromatic carbocycles. The quantitative estimate of drug-likeness (QED) is 0.165. The number of rotatable bonds is 11. The second-order valence-corrected chi connectivity index (χ2v) is 10.4. The van der Waals surface area contributed by atoms with E-state index in [1.807, 2.05) is 13.8 Å². The van der Waals surface area contributed by atoms with Crippen molar-refractivity contribution in [3.05, 3.63) is 58.7 Å². The van der Waals surface area contributed by atoms with E-state index in [1.165, 1.54) is 18.2 Å². The van der Waals surface area contributed by atoms with E-state index in [-0.39, 0.29) is 83.2 Å². The van der Waals surface area contributed by atoms with Gasteiger partial charge in [0, 0.05) is 30.4 Å². The zero-order valence-electron chi connectivity index (χ0n) is 22.1. The molecule has 0 spiro atoms. The van der Waals surface area contributed by atoms with Gasteiger partial charge in [-0.3, -0.25) is 9.78 Å². The fraction of sp³-hybridized carbons (Fsp3) is 0.462. The molecule has 14 heteroatoms. The zero-order valence-corrected chi connectivity index (χ0v) is 23.0. The van der Waals surface area contributed by atoms with Crippen LogP contribution in [0.5, 0.6) is 0 Å². The molecule has 40 heavy (non-hydrogen) atoms. The van der Waals surface area contributed by atoms with Crippen LogP contribution < -0.4 is 0 Å². The van der Waals surface area contributed by atoms with E-state index >= 15 is 0 Å². The second-order valence-electron chi connectivity index (χ2n) is 9.33. The summed E-state index contributed by atoms with van der Waals surface area (Å²) in [4.78, 5) is 37.3. The van der Waals surface area contributed by atoms with E-state index in [9.17, 15) is 19.4 Å². The number of methoxy groups -OCH3 is 1. The third-order valence-electron chi connectivity index (χ3n) is 5.32. The summed E-state index contributed by atoms with van der Waals surface area (Å²) in [6, 6.07) is 6.23. The molecule has 1 heterocycles. The summed E-state index contributed by atoms with van der Waals surface area (Å²) in [5, 5.41) is 29.1. The molecule has 0 aliphatic carbocycles. The van der Waals surface area contributed by atoms with Gasteiger partial charge in [0.1, 0.15) is 5.82 Å². The monoisotopic (exact) mass is 605 g/mol. The Kier molecular flexibility index (Phi) is 20.4. The Balaban J connectivity index is 0. The molecule has 0 amide bonds. The number of aliphatic carboxylic acids is 1. The van der Waals surface area contributed by atoms with Gasteiger partial charge in [-0.25, -0.2) is 8.96 Å². The number of hydrogen-bond donors (Lipinski definition) is 6. The van der Waals surface area contributed by atoms with Crippen LogP contribution in [0.25, 0.3) is 17.2 Å². The molecule has 2 aromatic rings. The topological polar surface area (TPSA) is 178 Å². The molecular weight excluding hydrogens is 566 g/mol. The van der Waals surface area contributed by atoms with E-state index in [0.29, 0.717) is 6.61 Å². The van der Waals surface area contributed by atoms with Gasteiger partial charge >= 0.3 is 72.9 Å². The molecule has 216 valence electrons. The van der Waals surface area contributed by atoms with Crippen LogP contribution in [0.4, 0.5) is 4.39 Å². The van der Waals surface area contributed by atoms with Crippen LogP contribution in [0.2, 0.25) is 0 Å². The molecule has 0 fully saturated rings. The number of aliphatic hydroxyl groups excluding tert-OH is 2. The van der Waals surface area contributed by atoms with Crippen molar-refractivity contribution in [3.8, 4) is 11.1 Å². The average molecular weight is 606 g/mol. The van der Waals surface area contributed by atoms with Crippen molar-refractivity contribution in [3.63, 3.8) is 0 Å². The van der Waals surface area contributed by atoms with Crippen molar-refractivity contribution in [1.29, 1.82) is 0 Å². The first-order valence-electron chi connectivity index (χ1n) is 11.9. The summed E-state index contributed by atoms with van der Waals surface area (Å²) in [5.41, 5.74) is 5.05. The summed E-state index contributed by atoms with van der Waals surface area (Å²) in [5.74, 6) is -1.28. The van der Waals surface area contributed by atoms with Gasteiger partial charge in [-0.05, 0) is 35.1 Å². The fourth-order valence-corrected chi connectivity index (χ4v) is 3.85. The Hall–Kier alpha value is -0.500. The Morgan fingerprint density at radius 1 is 1.02 bits per heavy atom. The van der Waals surface area contributed by atoms with Crippen molar-refractivity contribution in [2.45, 2.75) is 71.2 Å². The number of benzene rings is 1. The van der Waals surface area contributed by atoms with Crippen molar-refractivity contribution in [1.82, 2.24) is 4.98 Å². The van der Waals surface area contributed by atoms with Gasteiger partial charge in [-0.2, -0.15) is 0 Å². The van der Waals surface area contributed by atoms with Crippen LogP contribution in [-0.4, -0.2) is 119 Å². The summed E-state index contributed by atoms with van der Waals surface area (Å²) < 4.78 is 28.1. The molecule has 10 nitrogen and oxygen atoms in total. The number of aromatic nitrogens is 1. The number of nitrogens with zero attached hydrogens (tertiary/aromatic N) is 1. The predicted molar refractivity (Wildman–Crippen MR) is 155 cm³/mol. The molecule has 0 saturated carbocycles. The number of carboxylic acid groups (broad SMARTS) is 1. The van der Waals surface area contributed by atoms with Crippen LogP contribution in [0.15, 0.2) is 30.3 Å². The Morgan fingerprint density at radius 3 is 1.95 bits per heavy atom. The Labute approximate surface area is 278 Å². The maximum absolute atomic E-state index is 13.7. The van der Waals surface area contributed by atoms with Crippen LogP contribution in [0.3, 0.4) is 0 Å². The van der Waals surface area contributed by atoms with E-state index in [0.717, 1.165) is 33.6 Å². The van der Waals surface area contributed by atoms with Crippen LogP contribution in [-0.2, 0) is 20.7 Å². The molecule has 0 aliphatic rings. The average Bonchev–Trinajstić information content (AvgIpc) is 2.76. The number of hydrogen-bond acceptors (Lipinski definition) is 6. The maximum atomic E-state index is 13.7. The summed E-state index contributed by atoms with van der Waals surface area (Å²) in [7, 11) is -3.03. The molecule has 6 N–H and O–H groups in total. The number of aliphatic hydroxyl groups is 2. The first kappa shape index (κ1) is 41.6. The number of halogens is 1. The number of pyridine rings is 1. The molecule has 0 bridgehead atoms. The minimum atomic E-state index is -4.64. The summed E-state index contributed by atoms with van der Waals surface area (Å²) >= 11 is 0. The van der Waals surface area contributed by atoms with E-state index < -0.39 is 32.4 Å². The zero-order chi connectivity index (χ0) is 29.2. The third kappa shape index (κ3) is 15.1. The first-order valence-corrected chi connectivity index (χ1v) is 13.5. The van der Waals surface area contributed by atoms with Crippen molar-refractivity contribution in [2.24, 2.45) is 0 Å². The summed E-state index contributed by atoms with van der Waals surface area (Å²) in [6.45, 7) is 8.49. The predicted octanol–water partition coefficient (Wildman–Crippen LogP) is 2.66. The molecule has 2 unspecified atom stereocenters. The molecule has 2 rings (SSSR count).